The third kappa shape index (κ3) is 3.01. The Morgan fingerprint density at radius 2 is 2.00 bits per heavy atom. The molecule has 2 aromatic rings. The highest BCUT2D eigenvalue weighted by Gasteiger charge is 2.10. The molecule has 0 amide bonds. The number of nitrogens with one attached hydrogen (secondary N) is 1. The third-order valence-electron chi connectivity index (χ3n) is 2.89. The van der Waals surface area contributed by atoms with Crippen LogP contribution in [0.5, 0.6) is 0 Å². The van der Waals surface area contributed by atoms with Crippen LogP contribution in [0.2, 0.25) is 5.15 Å². The van der Waals surface area contributed by atoms with E-state index in [4.69, 9.17) is 11.6 Å². The van der Waals surface area contributed by atoms with E-state index in [9.17, 15) is 4.39 Å². The summed E-state index contributed by atoms with van der Waals surface area (Å²) in [6.45, 7) is 5.65. The van der Waals surface area contributed by atoms with Crippen molar-refractivity contribution in [3.8, 4) is 0 Å². The van der Waals surface area contributed by atoms with Crippen molar-refractivity contribution < 1.29 is 4.39 Å². The van der Waals surface area contributed by atoms with Crippen molar-refractivity contribution in [3.63, 3.8) is 0 Å². The Morgan fingerprint density at radius 1 is 1.26 bits per heavy atom. The predicted molar refractivity (Wildman–Crippen MR) is 75.6 cm³/mol. The van der Waals surface area contributed by atoms with Gasteiger partial charge in [0.15, 0.2) is 0 Å². The average Bonchev–Trinajstić information content (AvgIpc) is 2.37. The summed E-state index contributed by atoms with van der Waals surface area (Å²) in [7, 11) is 0. The van der Waals surface area contributed by atoms with Gasteiger partial charge in [-0.3, -0.25) is 0 Å². The van der Waals surface area contributed by atoms with E-state index in [0.717, 1.165) is 16.8 Å². The van der Waals surface area contributed by atoms with Crippen LogP contribution >= 0.6 is 11.6 Å². The van der Waals surface area contributed by atoms with Crippen molar-refractivity contribution in [2.24, 2.45) is 0 Å². The molecule has 1 aromatic carbocycles. The molecule has 0 radical (unpaired) electrons. The lowest BCUT2D eigenvalue weighted by Gasteiger charge is -2.12. The van der Waals surface area contributed by atoms with Crippen LogP contribution in [0, 0.1) is 19.7 Å². The van der Waals surface area contributed by atoms with Crippen LogP contribution in [0.15, 0.2) is 18.2 Å². The molecule has 3 nitrogen and oxygen atoms in total. The molecule has 1 aromatic heterocycles. The minimum atomic E-state index is -0.255. The van der Waals surface area contributed by atoms with E-state index >= 15 is 0 Å². The molecule has 0 fully saturated rings. The molecule has 1 N–H and O–H groups in total. The van der Waals surface area contributed by atoms with Gasteiger partial charge in [-0.25, -0.2) is 14.4 Å². The van der Waals surface area contributed by atoms with Gasteiger partial charge < -0.3 is 5.32 Å². The number of aryl methyl sites for hydroxylation is 2. The Kier molecular flexibility index (Phi) is 4.00. The standard InChI is InChI=1S/C14H15ClFN3/c1-4-12-18-13(15)9(3)14(19-12)17-11-6-5-10(16)7-8(11)2/h5-7H,4H2,1-3H3,(H,17,18,19). The number of hydrogen-bond donors (Lipinski definition) is 1. The smallest absolute Gasteiger partial charge is 0.138 e. The molecule has 0 bridgehead atoms. The van der Waals surface area contributed by atoms with E-state index in [1.807, 2.05) is 20.8 Å². The number of rotatable bonds is 3. The van der Waals surface area contributed by atoms with Gasteiger partial charge in [0.05, 0.1) is 0 Å². The van der Waals surface area contributed by atoms with Crippen molar-refractivity contribution in [1.82, 2.24) is 9.97 Å². The van der Waals surface area contributed by atoms with Crippen molar-refractivity contribution in [2.75, 3.05) is 5.32 Å². The molecule has 0 aliphatic heterocycles. The van der Waals surface area contributed by atoms with Gasteiger partial charge in [0, 0.05) is 17.7 Å². The monoisotopic (exact) mass is 279 g/mol. The number of benzene rings is 1. The largest absolute Gasteiger partial charge is 0.340 e. The second-order valence-electron chi connectivity index (χ2n) is 4.34. The summed E-state index contributed by atoms with van der Waals surface area (Å²) in [4.78, 5) is 8.59. The van der Waals surface area contributed by atoms with Crippen LogP contribution in [0.4, 0.5) is 15.9 Å². The van der Waals surface area contributed by atoms with Gasteiger partial charge in [-0.1, -0.05) is 18.5 Å². The van der Waals surface area contributed by atoms with Crippen molar-refractivity contribution in [3.05, 3.63) is 46.1 Å². The number of aromatic nitrogens is 2. The maximum Gasteiger partial charge on any atom is 0.138 e. The molecule has 0 unspecified atom stereocenters. The number of anilines is 2. The second kappa shape index (κ2) is 5.53. The van der Waals surface area contributed by atoms with Crippen molar-refractivity contribution in [2.45, 2.75) is 27.2 Å². The first-order valence-electron chi connectivity index (χ1n) is 6.07. The lowest BCUT2D eigenvalue weighted by atomic mass is 10.2. The minimum Gasteiger partial charge on any atom is -0.340 e. The number of halogens is 2. The van der Waals surface area contributed by atoms with E-state index in [2.05, 4.69) is 15.3 Å². The summed E-state index contributed by atoms with van der Waals surface area (Å²) < 4.78 is 13.1. The van der Waals surface area contributed by atoms with Gasteiger partial charge in [0.25, 0.3) is 0 Å². The highest BCUT2D eigenvalue weighted by Crippen LogP contribution is 2.25. The van der Waals surface area contributed by atoms with Crippen LogP contribution in [-0.2, 0) is 6.42 Å². The van der Waals surface area contributed by atoms with E-state index in [1.165, 1.54) is 12.1 Å². The van der Waals surface area contributed by atoms with Crippen molar-refractivity contribution >= 4 is 23.1 Å². The highest BCUT2D eigenvalue weighted by atomic mass is 35.5. The molecular formula is C14H15ClFN3. The SMILES string of the molecule is CCc1nc(Cl)c(C)c(Nc2ccc(F)cc2C)n1. The Morgan fingerprint density at radius 3 is 2.63 bits per heavy atom. The molecule has 1 heterocycles. The first-order valence-corrected chi connectivity index (χ1v) is 6.45. The van der Waals surface area contributed by atoms with Crippen LogP contribution in [-0.4, -0.2) is 9.97 Å². The molecule has 0 atom stereocenters. The molecule has 0 saturated heterocycles. The molecule has 100 valence electrons. The lowest BCUT2D eigenvalue weighted by Crippen LogP contribution is -2.04. The molecular weight excluding hydrogens is 265 g/mol. The zero-order valence-corrected chi connectivity index (χ0v) is 11.8. The van der Waals surface area contributed by atoms with Gasteiger partial charge in [-0.15, -0.1) is 0 Å². The quantitative estimate of drug-likeness (QED) is 0.856. The molecule has 0 spiro atoms. The zero-order chi connectivity index (χ0) is 14.0. The van der Waals surface area contributed by atoms with Gasteiger partial charge >= 0.3 is 0 Å². The fourth-order valence-corrected chi connectivity index (χ4v) is 1.89. The fourth-order valence-electron chi connectivity index (χ4n) is 1.71. The van der Waals surface area contributed by atoms with Gasteiger partial charge in [-0.05, 0) is 37.6 Å². The molecule has 0 aliphatic carbocycles. The van der Waals surface area contributed by atoms with E-state index < -0.39 is 0 Å². The summed E-state index contributed by atoms with van der Waals surface area (Å²) in [6.07, 6.45) is 0.705. The van der Waals surface area contributed by atoms with E-state index in [0.29, 0.717) is 23.2 Å². The first kappa shape index (κ1) is 13.7. The Balaban J connectivity index is 2.40. The predicted octanol–water partition coefficient (Wildman–Crippen LogP) is 4.19. The second-order valence-corrected chi connectivity index (χ2v) is 4.70. The Bertz CT molecular complexity index is 614. The summed E-state index contributed by atoms with van der Waals surface area (Å²) in [5.41, 5.74) is 2.40. The summed E-state index contributed by atoms with van der Waals surface area (Å²) >= 11 is 6.08. The average molecular weight is 280 g/mol. The Labute approximate surface area is 116 Å². The van der Waals surface area contributed by atoms with Gasteiger partial charge in [-0.2, -0.15) is 0 Å². The maximum atomic E-state index is 13.1. The molecule has 0 aliphatic rings. The summed E-state index contributed by atoms with van der Waals surface area (Å²) in [5.74, 6) is 1.08. The lowest BCUT2D eigenvalue weighted by molar-refractivity contribution is 0.627. The molecule has 5 heteroatoms. The molecule has 0 saturated carbocycles. The van der Waals surface area contributed by atoms with Crippen LogP contribution in [0.3, 0.4) is 0 Å². The third-order valence-corrected chi connectivity index (χ3v) is 3.26. The fraction of sp³-hybridized carbons (Fsp3) is 0.286. The normalized spacial score (nSPS) is 10.6. The number of hydrogen-bond acceptors (Lipinski definition) is 3. The number of nitrogens with zero attached hydrogens (tertiary/aromatic N) is 2. The van der Waals surface area contributed by atoms with Gasteiger partial charge in [0.1, 0.15) is 22.6 Å². The van der Waals surface area contributed by atoms with E-state index in [-0.39, 0.29) is 5.82 Å². The summed E-state index contributed by atoms with van der Waals surface area (Å²) in [6, 6.07) is 4.57. The Hall–Kier alpha value is -1.68. The zero-order valence-electron chi connectivity index (χ0n) is 11.1. The van der Waals surface area contributed by atoms with Crippen LogP contribution in [0.25, 0.3) is 0 Å². The molecule has 19 heavy (non-hydrogen) atoms. The summed E-state index contributed by atoms with van der Waals surface area (Å²) in [5, 5.41) is 3.62. The topological polar surface area (TPSA) is 37.8 Å². The molecule has 2 rings (SSSR count). The van der Waals surface area contributed by atoms with Gasteiger partial charge in [0.2, 0.25) is 0 Å². The first-order chi connectivity index (χ1) is 9.01. The maximum absolute atomic E-state index is 13.1. The van der Waals surface area contributed by atoms with Crippen molar-refractivity contribution in [1.29, 1.82) is 0 Å². The minimum absolute atomic E-state index is 0.255. The van der Waals surface area contributed by atoms with Crippen LogP contribution in [0.1, 0.15) is 23.9 Å². The van der Waals surface area contributed by atoms with E-state index in [1.54, 1.807) is 6.07 Å². The highest BCUT2D eigenvalue weighted by molar-refractivity contribution is 6.30. The van der Waals surface area contributed by atoms with Crippen LogP contribution < -0.4 is 5.32 Å².